The van der Waals surface area contributed by atoms with E-state index in [2.05, 4.69) is 129 Å². The number of nitrogens with zero attached hydrogens (tertiary/aromatic N) is 3. The molecule has 34 heavy (non-hydrogen) atoms. The molecule has 0 saturated heterocycles. The monoisotopic (exact) mass is 475 g/mol. The summed E-state index contributed by atoms with van der Waals surface area (Å²) in [4.78, 5) is 7.22. The summed E-state index contributed by atoms with van der Waals surface area (Å²) in [6, 6.07) is 27.8. The lowest BCUT2D eigenvalue weighted by Gasteiger charge is -2.26. The molecule has 4 heteroatoms. The fourth-order valence-electron chi connectivity index (χ4n) is 4.65. The molecule has 0 radical (unpaired) electrons. The van der Waals surface area contributed by atoms with Crippen molar-refractivity contribution in [3.05, 3.63) is 72.8 Å². The van der Waals surface area contributed by atoms with Gasteiger partial charge in [-0.15, -0.1) is 0 Å². The predicted octanol–water partition coefficient (Wildman–Crippen LogP) is 5.98. The third-order valence-corrected chi connectivity index (χ3v) is 9.15. The summed E-state index contributed by atoms with van der Waals surface area (Å²) in [5.41, 5.74) is 3.91. The molecule has 0 amide bonds. The smallest absolute Gasteiger partial charge is 0.0366 e. The van der Waals surface area contributed by atoms with Gasteiger partial charge in [0, 0.05) is 56.3 Å². The topological polar surface area (TPSA) is 9.72 Å². The zero-order valence-electron chi connectivity index (χ0n) is 22.0. The second kappa shape index (κ2) is 12.8. The first-order chi connectivity index (χ1) is 16.6. The van der Waals surface area contributed by atoms with Crippen LogP contribution in [0.4, 0.5) is 17.1 Å². The molecular formula is C30H42N3P. The normalized spacial score (nSPS) is 11.0. The molecule has 0 saturated carbocycles. The van der Waals surface area contributed by atoms with Crippen LogP contribution in [0.15, 0.2) is 72.8 Å². The highest BCUT2D eigenvalue weighted by Gasteiger charge is 2.18. The van der Waals surface area contributed by atoms with Gasteiger partial charge in [-0.2, -0.15) is 0 Å². The van der Waals surface area contributed by atoms with Crippen LogP contribution >= 0.6 is 7.92 Å². The minimum atomic E-state index is -0.622. The van der Waals surface area contributed by atoms with Crippen LogP contribution in [0.5, 0.6) is 0 Å². The molecule has 0 aliphatic heterocycles. The largest absolute Gasteiger partial charge is 0.372 e. The Hall–Kier alpha value is -2.51. The van der Waals surface area contributed by atoms with Gasteiger partial charge in [-0.1, -0.05) is 36.4 Å². The molecule has 3 aromatic rings. The zero-order valence-corrected chi connectivity index (χ0v) is 22.9. The minimum absolute atomic E-state index is 0.622. The maximum Gasteiger partial charge on any atom is 0.0366 e. The summed E-state index contributed by atoms with van der Waals surface area (Å²) in [5, 5.41) is 4.20. The van der Waals surface area contributed by atoms with E-state index in [-0.39, 0.29) is 0 Å². The SMILES string of the molecule is CCN(CC)c1ccc(P(c2ccc(N(CC)CC)cc2)c2ccc(N(CC)CC)cc2)cc1. The van der Waals surface area contributed by atoms with Crippen LogP contribution < -0.4 is 30.6 Å². The van der Waals surface area contributed by atoms with Crippen molar-refractivity contribution in [1.82, 2.24) is 0 Å². The molecule has 3 aromatic carbocycles. The zero-order chi connectivity index (χ0) is 24.5. The van der Waals surface area contributed by atoms with Gasteiger partial charge in [-0.05, 0) is 102 Å². The number of benzene rings is 3. The van der Waals surface area contributed by atoms with E-state index in [0.717, 1.165) is 39.3 Å². The van der Waals surface area contributed by atoms with E-state index >= 15 is 0 Å². The molecule has 0 atom stereocenters. The molecule has 0 aliphatic rings. The van der Waals surface area contributed by atoms with Crippen LogP contribution in [-0.2, 0) is 0 Å². The molecule has 0 fully saturated rings. The fraction of sp³-hybridized carbons (Fsp3) is 0.400. The maximum atomic E-state index is 2.41. The van der Waals surface area contributed by atoms with Crippen LogP contribution in [0.1, 0.15) is 41.5 Å². The summed E-state index contributed by atoms with van der Waals surface area (Å²) in [5.74, 6) is 0. The van der Waals surface area contributed by atoms with E-state index in [1.807, 2.05) is 0 Å². The molecule has 0 aromatic heterocycles. The molecular weight excluding hydrogens is 433 g/mol. The van der Waals surface area contributed by atoms with E-state index in [0.29, 0.717) is 0 Å². The van der Waals surface area contributed by atoms with Gasteiger partial charge in [0.05, 0.1) is 0 Å². The summed E-state index contributed by atoms with van der Waals surface area (Å²) in [6.45, 7) is 19.5. The average Bonchev–Trinajstić information content (AvgIpc) is 2.89. The van der Waals surface area contributed by atoms with E-state index < -0.39 is 7.92 Å². The lowest BCUT2D eigenvalue weighted by molar-refractivity contribution is 0.866. The number of hydrogen-bond acceptors (Lipinski definition) is 3. The first-order valence-electron chi connectivity index (χ1n) is 12.9. The Morgan fingerprint density at radius 2 is 0.588 bits per heavy atom. The molecule has 3 rings (SSSR count). The maximum absolute atomic E-state index is 2.41. The Morgan fingerprint density at radius 3 is 0.765 bits per heavy atom. The first kappa shape index (κ1) is 26.1. The number of rotatable bonds is 12. The van der Waals surface area contributed by atoms with Crippen molar-refractivity contribution in [1.29, 1.82) is 0 Å². The second-order valence-electron chi connectivity index (χ2n) is 8.40. The van der Waals surface area contributed by atoms with Crippen molar-refractivity contribution in [2.45, 2.75) is 41.5 Å². The third-order valence-electron chi connectivity index (χ3n) is 6.71. The van der Waals surface area contributed by atoms with Crippen LogP contribution in [0, 0.1) is 0 Å². The Labute approximate surface area is 209 Å². The van der Waals surface area contributed by atoms with Crippen molar-refractivity contribution in [2.75, 3.05) is 54.0 Å². The van der Waals surface area contributed by atoms with Gasteiger partial charge >= 0.3 is 0 Å². The molecule has 0 heterocycles. The van der Waals surface area contributed by atoms with Gasteiger partial charge in [-0.25, -0.2) is 0 Å². The van der Waals surface area contributed by atoms with Gasteiger partial charge in [0.25, 0.3) is 0 Å². The quantitative estimate of drug-likeness (QED) is 0.298. The average molecular weight is 476 g/mol. The fourth-order valence-corrected chi connectivity index (χ4v) is 6.89. The van der Waals surface area contributed by atoms with Crippen LogP contribution in [0.25, 0.3) is 0 Å². The number of anilines is 3. The Balaban J connectivity index is 2.01. The van der Waals surface area contributed by atoms with Crippen molar-refractivity contribution < 1.29 is 0 Å². The summed E-state index contributed by atoms with van der Waals surface area (Å²) in [6.07, 6.45) is 0. The Morgan fingerprint density at radius 1 is 0.382 bits per heavy atom. The Kier molecular flexibility index (Phi) is 9.84. The van der Waals surface area contributed by atoms with Gasteiger partial charge in [0.2, 0.25) is 0 Å². The predicted molar refractivity (Wildman–Crippen MR) is 156 cm³/mol. The van der Waals surface area contributed by atoms with Crippen molar-refractivity contribution in [3.8, 4) is 0 Å². The highest BCUT2D eigenvalue weighted by Crippen LogP contribution is 2.35. The highest BCUT2D eigenvalue weighted by molar-refractivity contribution is 7.79. The summed E-state index contributed by atoms with van der Waals surface area (Å²) in [7, 11) is -0.622. The molecule has 3 nitrogen and oxygen atoms in total. The molecule has 0 aliphatic carbocycles. The van der Waals surface area contributed by atoms with Crippen LogP contribution in [0.2, 0.25) is 0 Å². The molecule has 0 N–H and O–H groups in total. The van der Waals surface area contributed by atoms with Crippen LogP contribution in [0.3, 0.4) is 0 Å². The van der Waals surface area contributed by atoms with Crippen molar-refractivity contribution in [3.63, 3.8) is 0 Å². The van der Waals surface area contributed by atoms with Gasteiger partial charge in [-0.3, -0.25) is 0 Å². The van der Waals surface area contributed by atoms with E-state index in [4.69, 9.17) is 0 Å². The molecule has 182 valence electrons. The van der Waals surface area contributed by atoms with Gasteiger partial charge in [0.15, 0.2) is 0 Å². The second-order valence-corrected chi connectivity index (χ2v) is 10.6. The van der Waals surface area contributed by atoms with Crippen molar-refractivity contribution in [2.24, 2.45) is 0 Å². The van der Waals surface area contributed by atoms with Gasteiger partial charge < -0.3 is 14.7 Å². The molecule has 0 spiro atoms. The first-order valence-corrected chi connectivity index (χ1v) is 14.3. The lowest BCUT2D eigenvalue weighted by Crippen LogP contribution is -2.25. The van der Waals surface area contributed by atoms with Crippen molar-refractivity contribution >= 4 is 40.9 Å². The van der Waals surface area contributed by atoms with Crippen LogP contribution in [-0.4, -0.2) is 39.3 Å². The van der Waals surface area contributed by atoms with Gasteiger partial charge in [0.1, 0.15) is 0 Å². The number of hydrogen-bond donors (Lipinski definition) is 0. The summed E-state index contributed by atoms with van der Waals surface area (Å²) >= 11 is 0. The van der Waals surface area contributed by atoms with E-state index in [1.165, 1.54) is 33.0 Å². The molecule has 0 unspecified atom stereocenters. The lowest BCUT2D eigenvalue weighted by atomic mass is 10.3. The van der Waals surface area contributed by atoms with E-state index in [9.17, 15) is 0 Å². The summed E-state index contributed by atoms with van der Waals surface area (Å²) < 4.78 is 0. The highest BCUT2D eigenvalue weighted by atomic mass is 31.1. The molecule has 0 bridgehead atoms. The Bertz CT molecular complexity index is 839. The van der Waals surface area contributed by atoms with E-state index in [1.54, 1.807) is 0 Å². The minimum Gasteiger partial charge on any atom is -0.372 e. The third kappa shape index (κ3) is 5.94. The standard InChI is InChI=1S/C30H42N3P/c1-7-31(8-2)25-13-19-28(20-14-25)34(29-21-15-26(16-22-29)32(9-3)10-4)30-23-17-27(18-24-30)33(11-5)12-6/h13-24H,7-12H2,1-6H3.